The Morgan fingerprint density at radius 2 is 1.79 bits per heavy atom. The van der Waals surface area contributed by atoms with E-state index >= 15 is 0 Å². The number of phenolic OH excluding ortho intramolecular Hbond substituents is 1. The maximum atomic E-state index is 12.9. The first-order valence-corrected chi connectivity index (χ1v) is 8.22. The van der Waals surface area contributed by atoms with Gasteiger partial charge in [0.05, 0.1) is 17.6 Å². The molecule has 0 aliphatic heterocycles. The number of methoxy groups -OCH3 is 1. The van der Waals surface area contributed by atoms with Gasteiger partial charge in [0.25, 0.3) is 5.56 Å². The summed E-state index contributed by atoms with van der Waals surface area (Å²) >= 11 is 0. The fourth-order valence-corrected chi connectivity index (χ4v) is 2.77. The Kier molecular flexibility index (Phi) is 4.95. The lowest BCUT2D eigenvalue weighted by Gasteiger charge is -2.10. The molecule has 3 aromatic rings. The molecule has 0 radical (unpaired) electrons. The minimum atomic E-state index is -0.821. The highest BCUT2D eigenvalue weighted by Gasteiger charge is 2.27. The maximum Gasteiger partial charge on any atom is 0.352 e. The van der Waals surface area contributed by atoms with E-state index in [1.807, 2.05) is 19.1 Å². The zero-order valence-electron chi connectivity index (χ0n) is 15.1. The first-order valence-electron chi connectivity index (χ1n) is 8.22. The topological polar surface area (TPSA) is 112 Å². The molecule has 0 bridgehead atoms. The molecule has 0 unspecified atom stereocenters. The number of rotatable bonds is 5. The van der Waals surface area contributed by atoms with Crippen LogP contribution in [0, 0.1) is 17.0 Å². The molecule has 8 nitrogen and oxygen atoms in total. The van der Waals surface area contributed by atoms with E-state index in [9.17, 15) is 24.8 Å². The Morgan fingerprint density at radius 1 is 1.11 bits per heavy atom. The summed E-state index contributed by atoms with van der Waals surface area (Å²) in [7, 11) is 1.22. The summed E-state index contributed by atoms with van der Waals surface area (Å²) in [6, 6.07) is 12.1. The number of aromatic nitrogens is 1. The molecule has 8 heteroatoms. The molecule has 1 aromatic heterocycles. The van der Waals surface area contributed by atoms with Crippen molar-refractivity contribution in [3.63, 3.8) is 0 Å². The van der Waals surface area contributed by atoms with E-state index in [1.165, 1.54) is 42.1 Å². The molecule has 3 rings (SSSR count). The molecule has 1 N–H and O–H groups in total. The van der Waals surface area contributed by atoms with E-state index in [2.05, 4.69) is 0 Å². The van der Waals surface area contributed by atoms with Crippen LogP contribution >= 0.6 is 0 Å². The SMILES string of the molecule is COc1ccc(C(=O)c2ccc(=O)n(-c3ccc(C)cc3)c2)c(O)c1[N+](=O)[O-]. The van der Waals surface area contributed by atoms with Crippen LogP contribution in [0.3, 0.4) is 0 Å². The van der Waals surface area contributed by atoms with Crippen LogP contribution in [0.2, 0.25) is 0 Å². The molecule has 0 saturated heterocycles. The van der Waals surface area contributed by atoms with Gasteiger partial charge >= 0.3 is 5.69 Å². The fourth-order valence-electron chi connectivity index (χ4n) is 2.77. The lowest BCUT2D eigenvalue weighted by molar-refractivity contribution is -0.386. The molecule has 1 heterocycles. The summed E-state index contributed by atoms with van der Waals surface area (Å²) in [6.45, 7) is 1.91. The highest BCUT2D eigenvalue weighted by molar-refractivity contribution is 6.11. The number of aryl methyl sites for hydroxylation is 1. The lowest BCUT2D eigenvalue weighted by Crippen LogP contribution is -2.18. The quantitative estimate of drug-likeness (QED) is 0.414. The fraction of sp³-hybridized carbons (Fsp3) is 0.100. The second kappa shape index (κ2) is 7.36. The monoisotopic (exact) mass is 380 g/mol. The molecule has 0 aliphatic rings. The number of ether oxygens (including phenoxy) is 1. The molecule has 142 valence electrons. The Morgan fingerprint density at radius 3 is 2.39 bits per heavy atom. The van der Waals surface area contributed by atoms with Gasteiger partial charge in [-0.25, -0.2) is 0 Å². The van der Waals surface area contributed by atoms with E-state index in [4.69, 9.17) is 4.74 Å². The molecular weight excluding hydrogens is 364 g/mol. The van der Waals surface area contributed by atoms with E-state index in [-0.39, 0.29) is 22.4 Å². The van der Waals surface area contributed by atoms with Crippen molar-refractivity contribution in [3.05, 3.63) is 91.9 Å². The molecule has 28 heavy (non-hydrogen) atoms. The third kappa shape index (κ3) is 3.35. The number of pyridine rings is 1. The number of nitro groups is 1. The van der Waals surface area contributed by atoms with Crippen molar-refractivity contribution >= 4 is 11.5 Å². The van der Waals surface area contributed by atoms with Crippen molar-refractivity contribution in [3.8, 4) is 17.2 Å². The third-order valence-electron chi connectivity index (χ3n) is 4.25. The van der Waals surface area contributed by atoms with E-state index < -0.39 is 22.1 Å². The van der Waals surface area contributed by atoms with E-state index in [0.29, 0.717) is 5.69 Å². The Labute approximate surface area is 159 Å². The van der Waals surface area contributed by atoms with Gasteiger partial charge in [-0.3, -0.25) is 24.3 Å². The molecule has 2 aromatic carbocycles. The number of carbonyl (C=O) groups is 1. The summed E-state index contributed by atoms with van der Waals surface area (Å²) in [6.07, 6.45) is 1.34. The zero-order valence-corrected chi connectivity index (χ0v) is 15.1. The molecule has 0 atom stereocenters. The molecular formula is C20H16N2O6. The number of nitrogens with zero attached hydrogens (tertiary/aromatic N) is 2. The standard InChI is InChI=1S/C20H16N2O6/c1-12-3-6-14(7-4-12)21-11-13(5-10-17(21)23)19(24)15-8-9-16(28-2)18(20(15)25)22(26)27/h3-11,25H,1-2H3. The number of phenols is 1. The van der Waals surface area contributed by atoms with Gasteiger partial charge in [-0.05, 0) is 37.3 Å². The molecule has 0 fully saturated rings. The summed E-state index contributed by atoms with van der Waals surface area (Å²) in [5.41, 5.74) is 0.372. The second-order valence-electron chi connectivity index (χ2n) is 6.06. The smallest absolute Gasteiger partial charge is 0.352 e. The molecule has 0 amide bonds. The molecule has 0 aliphatic carbocycles. The summed E-state index contributed by atoms with van der Waals surface area (Å²) in [4.78, 5) is 35.5. The minimum Gasteiger partial charge on any atom is -0.501 e. The van der Waals surface area contributed by atoms with Crippen LogP contribution in [-0.2, 0) is 0 Å². The van der Waals surface area contributed by atoms with Gasteiger partial charge in [0.15, 0.2) is 5.78 Å². The average Bonchev–Trinajstić information content (AvgIpc) is 2.68. The summed E-state index contributed by atoms with van der Waals surface area (Å²) in [5.74, 6) is -1.62. The lowest BCUT2D eigenvalue weighted by atomic mass is 10.0. The van der Waals surface area contributed by atoms with Crippen LogP contribution < -0.4 is 10.3 Å². The van der Waals surface area contributed by atoms with Gasteiger partial charge in [-0.2, -0.15) is 0 Å². The normalized spacial score (nSPS) is 10.5. The number of carbonyl (C=O) groups excluding carboxylic acids is 1. The Hall–Kier alpha value is -3.94. The largest absolute Gasteiger partial charge is 0.501 e. The number of hydrogen-bond donors (Lipinski definition) is 1. The summed E-state index contributed by atoms with van der Waals surface area (Å²) < 4.78 is 6.17. The van der Waals surface area contributed by atoms with Gasteiger partial charge in [0, 0.05) is 23.5 Å². The van der Waals surface area contributed by atoms with Crippen LogP contribution in [0.1, 0.15) is 21.5 Å². The van der Waals surface area contributed by atoms with Crippen molar-refractivity contribution in [2.24, 2.45) is 0 Å². The van der Waals surface area contributed by atoms with Crippen LogP contribution in [0.25, 0.3) is 5.69 Å². The van der Waals surface area contributed by atoms with Crippen LogP contribution in [0.4, 0.5) is 5.69 Å². The van der Waals surface area contributed by atoms with Crippen molar-refractivity contribution in [2.75, 3.05) is 7.11 Å². The number of aromatic hydroxyl groups is 1. The van der Waals surface area contributed by atoms with Crippen molar-refractivity contribution in [2.45, 2.75) is 6.92 Å². The van der Waals surface area contributed by atoms with Crippen molar-refractivity contribution < 1.29 is 19.6 Å². The van der Waals surface area contributed by atoms with Gasteiger partial charge in [0.2, 0.25) is 11.5 Å². The Bertz CT molecular complexity index is 1130. The van der Waals surface area contributed by atoms with Gasteiger partial charge in [-0.1, -0.05) is 17.7 Å². The number of nitro benzene ring substituents is 1. The highest BCUT2D eigenvalue weighted by atomic mass is 16.6. The maximum absolute atomic E-state index is 12.9. The van der Waals surface area contributed by atoms with Gasteiger partial charge < -0.3 is 9.84 Å². The zero-order chi connectivity index (χ0) is 20.4. The van der Waals surface area contributed by atoms with Crippen molar-refractivity contribution in [1.82, 2.24) is 4.57 Å². The van der Waals surface area contributed by atoms with E-state index in [0.717, 1.165) is 5.56 Å². The molecule has 0 saturated carbocycles. The first-order chi connectivity index (χ1) is 13.3. The second-order valence-corrected chi connectivity index (χ2v) is 6.06. The molecule has 0 spiro atoms. The first kappa shape index (κ1) is 18.8. The predicted octanol–water partition coefficient (Wildman–Crippen LogP) is 3.00. The average molecular weight is 380 g/mol. The minimum absolute atomic E-state index is 0.0925. The Balaban J connectivity index is 2.10. The van der Waals surface area contributed by atoms with Crippen LogP contribution in [0.15, 0.2) is 59.5 Å². The van der Waals surface area contributed by atoms with Gasteiger partial charge in [0.1, 0.15) is 0 Å². The summed E-state index contributed by atoms with van der Waals surface area (Å²) in [5, 5.41) is 21.5. The predicted molar refractivity (Wildman–Crippen MR) is 102 cm³/mol. The highest BCUT2D eigenvalue weighted by Crippen LogP contribution is 2.39. The number of benzene rings is 2. The van der Waals surface area contributed by atoms with Crippen molar-refractivity contribution in [1.29, 1.82) is 0 Å². The number of ketones is 1. The van der Waals surface area contributed by atoms with Gasteiger partial charge in [-0.15, -0.1) is 0 Å². The van der Waals surface area contributed by atoms with Crippen LogP contribution in [0.5, 0.6) is 11.5 Å². The third-order valence-corrected chi connectivity index (χ3v) is 4.25. The van der Waals surface area contributed by atoms with Crippen LogP contribution in [-0.4, -0.2) is 27.5 Å². The number of hydrogen-bond acceptors (Lipinski definition) is 6. The van der Waals surface area contributed by atoms with E-state index in [1.54, 1.807) is 12.1 Å².